The number of carbonyl (C=O) groups is 1. The fraction of sp³-hybridized carbons (Fsp3) is 0.462. The molecule has 0 bridgehead atoms. The summed E-state index contributed by atoms with van der Waals surface area (Å²) in [5, 5.41) is 10.8. The number of hydrogen-bond donors (Lipinski definition) is 3. The summed E-state index contributed by atoms with van der Waals surface area (Å²) in [6.45, 7) is 3.81. The summed E-state index contributed by atoms with van der Waals surface area (Å²) in [6, 6.07) is 4.77. The minimum absolute atomic E-state index is 0.0651. The number of carbonyl (C=O) groups excluding carboxylic acids is 1. The summed E-state index contributed by atoms with van der Waals surface area (Å²) >= 11 is 0. The molecular weight excluding hydrogens is 274 g/mol. The Bertz CT molecular complexity index is 577. The molecule has 114 valence electrons. The van der Waals surface area contributed by atoms with E-state index >= 15 is 0 Å². The number of likely N-dealkylation sites (tertiary alicyclic amines) is 1. The summed E-state index contributed by atoms with van der Waals surface area (Å²) < 4.78 is 0. The number of rotatable bonds is 5. The second kappa shape index (κ2) is 5.66. The maximum atomic E-state index is 11.4. The molecule has 1 saturated heterocycles. The Balaban J connectivity index is 2.11. The van der Waals surface area contributed by atoms with Gasteiger partial charge in [-0.1, -0.05) is 6.07 Å². The summed E-state index contributed by atoms with van der Waals surface area (Å²) in [5.41, 5.74) is 8.36. The van der Waals surface area contributed by atoms with E-state index in [1.807, 2.05) is 6.92 Å². The van der Waals surface area contributed by atoms with Crippen molar-refractivity contribution in [1.29, 1.82) is 0 Å². The van der Waals surface area contributed by atoms with Crippen molar-refractivity contribution in [3.8, 4) is 0 Å². The molecule has 1 aromatic rings. The Kier molecular flexibility index (Phi) is 4.10. The highest BCUT2D eigenvalue weighted by atomic mass is 16.6. The molecule has 2 rings (SSSR count). The Hall–Kier alpha value is -2.19. The maximum Gasteiger partial charge on any atom is 0.293 e. The third-order valence-electron chi connectivity index (χ3n) is 3.97. The lowest BCUT2D eigenvalue weighted by atomic mass is 9.89. The number of nitro benzene ring substituents is 1. The molecular formula is C13H19N5O3. The van der Waals surface area contributed by atoms with Crippen molar-refractivity contribution in [3.05, 3.63) is 33.9 Å². The van der Waals surface area contributed by atoms with Crippen LogP contribution in [-0.2, 0) is 11.3 Å². The zero-order chi connectivity index (χ0) is 15.6. The number of nitrogens with one attached hydrogen (secondary N) is 1. The van der Waals surface area contributed by atoms with E-state index in [1.54, 1.807) is 12.1 Å². The summed E-state index contributed by atoms with van der Waals surface area (Å²) in [7, 11) is 0. The highest BCUT2D eigenvalue weighted by Gasteiger charge is 2.38. The molecule has 0 aliphatic carbocycles. The highest BCUT2D eigenvalue weighted by Crippen LogP contribution is 2.31. The number of nitrogens with zero attached hydrogens (tertiary/aromatic N) is 2. The predicted molar refractivity (Wildman–Crippen MR) is 78.1 cm³/mol. The van der Waals surface area contributed by atoms with Gasteiger partial charge in [0, 0.05) is 19.2 Å². The molecule has 0 spiro atoms. The molecule has 1 amide bonds. The lowest BCUT2D eigenvalue weighted by molar-refractivity contribution is -0.384. The Morgan fingerprint density at radius 2 is 2.29 bits per heavy atom. The number of primary amides is 1. The second-order valence-corrected chi connectivity index (χ2v) is 5.64. The van der Waals surface area contributed by atoms with E-state index < -0.39 is 10.3 Å². The molecule has 5 N–H and O–H groups in total. The van der Waals surface area contributed by atoms with Gasteiger partial charge in [0.25, 0.3) is 5.69 Å². The number of hydrazine groups is 1. The first kappa shape index (κ1) is 15.2. The second-order valence-electron chi connectivity index (χ2n) is 5.64. The van der Waals surface area contributed by atoms with E-state index in [-0.39, 0.29) is 17.3 Å². The molecule has 8 nitrogen and oxygen atoms in total. The van der Waals surface area contributed by atoms with Crippen LogP contribution in [0.3, 0.4) is 0 Å². The molecule has 21 heavy (non-hydrogen) atoms. The first-order chi connectivity index (χ1) is 9.85. The van der Waals surface area contributed by atoms with Crippen LogP contribution in [0.5, 0.6) is 0 Å². The third kappa shape index (κ3) is 3.11. The molecule has 1 aliphatic rings. The lowest BCUT2D eigenvalue weighted by Gasteiger charge is -2.21. The van der Waals surface area contributed by atoms with Gasteiger partial charge in [0.2, 0.25) is 5.91 Å². The van der Waals surface area contributed by atoms with Gasteiger partial charge in [-0.3, -0.25) is 25.7 Å². The molecule has 1 fully saturated rings. The molecule has 1 aliphatic heterocycles. The van der Waals surface area contributed by atoms with Gasteiger partial charge in [-0.2, -0.15) is 0 Å². The van der Waals surface area contributed by atoms with Gasteiger partial charge in [0.1, 0.15) is 5.69 Å². The maximum absolute atomic E-state index is 11.4. The Labute approximate surface area is 122 Å². The van der Waals surface area contributed by atoms with Crippen LogP contribution in [0.15, 0.2) is 18.2 Å². The Morgan fingerprint density at radius 1 is 1.57 bits per heavy atom. The zero-order valence-corrected chi connectivity index (χ0v) is 11.8. The van der Waals surface area contributed by atoms with Crippen molar-refractivity contribution >= 4 is 17.3 Å². The highest BCUT2D eigenvalue weighted by molar-refractivity contribution is 5.81. The van der Waals surface area contributed by atoms with E-state index in [2.05, 4.69) is 10.3 Å². The van der Waals surface area contributed by atoms with Gasteiger partial charge in [-0.05, 0) is 31.5 Å². The van der Waals surface area contributed by atoms with Crippen LogP contribution in [0, 0.1) is 15.5 Å². The van der Waals surface area contributed by atoms with Crippen LogP contribution in [0.4, 0.5) is 11.4 Å². The van der Waals surface area contributed by atoms with E-state index in [0.717, 1.165) is 18.5 Å². The summed E-state index contributed by atoms with van der Waals surface area (Å²) in [5.74, 6) is 5.03. The zero-order valence-electron chi connectivity index (χ0n) is 11.8. The molecule has 1 atom stereocenters. The average Bonchev–Trinajstić information content (AvgIpc) is 2.81. The number of benzene rings is 1. The van der Waals surface area contributed by atoms with Gasteiger partial charge in [0.15, 0.2) is 0 Å². The van der Waals surface area contributed by atoms with E-state index in [9.17, 15) is 14.9 Å². The lowest BCUT2D eigenvalue weighted by Crippen LogP contribution is -2.36. The monoisotopic (exact) mass is 293 g/mol. The quantitative estimate of drug-likeness (QED) is 0.414. The van der Waals surface area contributed by atoms with Crippen molar-refractivity contribution in [2.24, 2.45) is 17.0 Å². The van der Waals surface area contributed by atoms with Crippen molar-refractivity contribution in [1.82, 2.24) is 4.90 Å². The van der Waals surface area contributed by atoms with Crippen LogP contribution in [0.1, 0.15) is 18.9 Å². The van der Waals surface area contributed by atoms with Gasteiger partial charge < -0.3 is 11.2 Å². The topological polar surface area (TPSA) is 128 Å². The largest absolute Gasteiger partial charge is 0.369 e. The van der Waals surface area contributed by atoms with Crippen LogP contribution < -0.4 is 17.0 Å². The van der Waals surface area contributed by atoms with E-state index in [4.69, 9.17) is 11.6 Å². The molecule has 0 saturated carbocycles. The average molecular weight is 293 g/mol. The predicted octanol–water partition coefficient (Wildman–Crippen LogP) is 0.578. The van der Waals surface area contributed by atoms with Crippen molar-refractivity contribution in [2.45, 2.75) is 19.9 Å². The minimum Gasteiger partial charge on any atom is -0.369 e. The molecule has 0 radical (unpaired) electrons. The first-order valence-electron chi connectivity index (χ1n) is 6.62. The first-order valence-corrected chi connectivity index (χ1v) is 6.62. The number of amides is 1. The molecule has 8 heteroatoms. The number of hydrogen-bond acceptors (Lipinski definition) is 6. The number of nitrogen functional groups attached to an aromatic ring is 1. The van der Waals surface area contributed by atoms with Gasteiger partial charge in [-0.25, -0.2) is 0 Å². The van der Waals surface area contributed by atoms with E-state index in [1.165, 1.54) is 6.07 Å². The number of anilines is 1. The fourth-order valence-electron chi connectivity index (χ4n) is 2.61. The SMILES string of the molecule is CC1(C(N)=O)CCN(Cc2ccc([N+](=O)[O-])c(NN)c2)C1. The summed E-state index contributed by atoms with van der Waals surface area (Å²) in [6.07, 6.45) is 0.720. The van der Waals surface area contributed by atoms with Gasteiger partial charge >= 0.3 is 0 Å². The van der Waals surface area contributed by atoms with Crippen molar-refractivity contribution < 1.29 is 9.72 Å². The number of nitrogens with two attached hydrogens (primary N) is 2. The van der Waals surface area contributed by atoms with E-state index in [0.29, 0.717) is 13.1 Å². The van der Waals surface area contributed by atoms with Gasteiger partial charge in [-0.15, -0.1) is 0 Å². The number of nitro groups is 1. The van der Waals surface area contributed by atoms with Crippen LogP contribution in [0.2, 0.25) is 0 Å². The van der Waals surface area contributed by atoms with Gasteiger partial charge in [0.05, 0.1) is 10.3 Å². The summed E-state index contributed by atoms with van der Waals surface area (Å²) in [4.78, 5) is 23.9. The smallest absolute Gasteiger partial charge is 0.293 e. The fourth-order valence-corrected chi connectivity index (χ4v) is 2.61. The minimum atomic E-state index is -0.504. The van der Waals surface area contributed by atoms with Crippen LogP contribution >= 0.6 is 0 Å². The third-order valence-corrected chi connectivity index (χ3v) is 3.97. The van der Waals surface area contributed by atoms with Crippen molar-refractivity contribution in [3.63, 3.8) is 0 Å². The van der Waals surface area contributed by atoms with Crippen LogP contribution in [-0.4, -0.2) is 28.8 Å². The van der Waals surface area contributed by atoms with Crippen LogP contribution in [0.25, 0.3) is 0 Å². The normalized spacial score (nSPS) is 22.2. The standard InChI is InChI=1S/C13H19N5O3/c1-13(12(14)19)4-5-17(8-13)7-9-2-3-11(18(20)21)10(6-9)16-15/h2-3,6,16H,4-5,7-8,15H2,1H3,(H2,14,19). The Morgan fingerprint density at radius 3 is 2.81 bits per heavy atom. The van der Waals surface area contributed by atoms with Crippen molar-refractivity contribution in [2.75, 3.05) is 18.5 Å². The molecule has 1 unspecified atom stereocenters. The molecule has 1 heterocycles. The molecule has 1 aromatic carbocycles. The molecule has 0 aromatic heterocycles.